The third-order valence-corrected chi connectivity index (χ3v) is 4.13. The molecule has 0 spiro atoms. The maximum Gasteiger partial charge on any atom is 0.244 e. The van der Waals surface area contributed by atoms with E-state index >= 15 is 0 Å². The van der Waals surface area contributed by atoms with Gasteiger partial charge < -0.3 is 20.1 Å². The normalized spacial score (nSPS) is 20.6. The third kappa shape index (κ3) is 3.13. The molecule has 1 aliphatic rings. The van der Waals surface area contributed by atoms with Crippen LogP contribution in [-0.2, 0) is 9.53 Å². The Balaban J connectivity index is 2.28. The van der Waals surface area contributed by atoms with E-state index in [0.717, 1.165) is 15.7 Å². The molecular formula is C14H19BrN2O3. The minimum absolute atomic E-state index is 0.0552. The van der Waals surface area contributed by atoms with Crippen molar-refractivity contribution in [3.8, 4) is 0 Å². The number of rotatable bonds is 3. The summed E-state index contributed by atoms with van der Waals surface area (Å²) in [7, 11) is 1.63. The molecule has 2 N–H and O–H groups in total. The summed E-state index contributed by atoms with van der Waals surface area (Å²) >= 11 is 3.47. The number of aliphatic hydroxyl groups is 1. The first-order valence-electron chi connectivity index (χ1n) is 6.58. The highest BCUT2D eigenvalue weighted by atomic mass is 79.9. The van der Waals surface area contributed by atoms with Gasteiger partial charge in [0.1, 0.15) is 6.04 Å². The van der Waals surface area contributed by atoms with Crippen LogP contribution in [-0.4, -0.2) is 43.9 Å². The minimum Gasteiger partial charge on any atom is -0.389 e. The van der Waals surface area contributed by atoms with Crippen LogP contribution in [0.1, 0.15) is 18.6 Å². The van der Waals surface area contributed by atoms with Crippen LogP contribution in [0, 0.1) is 0 Å². The Hall–Kier alpha value is -1.11. The molecule has 6 heteroatoms. The van der Waals surface area contributed by atoms with Crippen LogP contribution >= 0.6 is 15.9 Å². The van der Waals surface area contributed by atoms with Crippen molar-refractivity contribution in [3.63, 3.8) is 0 Å². The topological polar surface area (TPSA) is 61.8 Å². The first-order chi connectivity index (χ1) is 9.54. The maximum absolute atomic E-state index is 11.9. The van der Waals surface area contributed by atoms with Crippen molar-refractivity contribution in [1.82, 2.24) is 5.32 Å². The number of hydrogen-bond donors (Lipinski definition) is 2. The highest BCUT2D eigenvalue weighted by molar-refractivity contribution is 9.10. The van der Waals surface area contributed by atoms with Gasteiger partial charge in [-0.05, 0) is 24.6 Å². The Labute approximate surface area is 127 Å². The second-order valence-electron chi connectivity index (χ2n) is 4.78. The van der Waals surface area contributed by atoms with Crippen molar-refractivity contribution in [2.24, 2.45) is 0 Å². The van der Waals surface area contributed by atoms with Crippen LogP contribution in [0.2, 0.25) is 0 Å². The Morgan fingerprint density at radius 2 is 2.35 bits per heavy atom. The first kappa shape index (κ1) is 15.3. The van der Waals surface area contributed by atoms with Crippen LogP contribution in [0.5, 0.6) is 0 Å². The molecule has 5 nitrogen and oxygen atoms in total. The number of likely N-dealkylation sites (N-methyl/N-ethyl adjacent to an activating group) is 1. The van der Waals surface area contributed by atoms with E-state index in [1.54, 1.807) is 14.0 Å². The summed E-state index contributed by atoms with van der Waals surface area (Å²) < 4.78 is 6.23. The van der Waals surface area contributed by atoms with Crippen molar-refractivity contribution in [2.75, 3.05) is 31.7 Å². The smallest absolute Gasteiger partial charge is 0.244 e. The average Bonchev–Trinajstić information content (AvgIpc) is 2.46. The van der Waals surface area contributed by atoms with Gasteiger partial charge in [0.25, 0.3) is 0 Å². The number of carbonyl (C=O) groups excluding carboxylic acids is 1. The molecule has 1 aliphatic heterocycles. The molecule has 1 aromatic rings. The number of carbonyl (C=O) groups is 1. The summed E-state index contributed by atoms with van der Waals surface area (Å²) in [5.41, 5.74) is 1.77. The summed E-state index contributed by atoms with van der Waals surface area (Å²) in [5, 5.41) is 12.3. The van der Waals surface area contributed by atoms with Crippen molar-refractivity contribution >= 4 is 27.5 Å². The maximum atomic E-state index is 11.9. The van der Waals surface area contributed by atoms with Gasteiger partial charge in [-0.2, -0.15) is 0 Å². The second kappa shape index (κ2) is 6.56. The molecule has 20 heavy (non-hydrogen) atoms. The van der Waals surface area contributed by atoms with Crippen LogP contribution in [0.15, 0.2) is 22.7 Å². The second-order valence-corrected chi connectivity index (χ2v) is 5.63. The molecule has 1 saturated heterocycles. The van der Waals surface area contributed by atoms with Crippen molar-refractivity contribution in [2.45, 2.75) is 19.1 Å². The Bertz CT molecular complexity index is 493. The lowest BCUT2D eigenvalue weighted by Crippen LogP contribution is -2.53. The highest BCUT2D eigenvalue weighted by Crippen LogP contribution is 2.29. The predicted octanol–water partition coefficient (Wildman–Crippen LogP) is 1.45. The average molecular weight is 343 g/mol. The van der Waals surface area contributed by atoms with Gasteiger partial charge in [-0.3, -0.25) is 4.79 Å². The van der Waals surface area contributed by atoms with Crippen molar-refractivity contribution in [3.05, 3.63) is 28.2 Å². The molecular weight excluding hydrogens is 324 g/mol. The number of morpholine rings is 1. The largest absolute Gasteiger partial charge is 0.389 e. The van der Waals surface area contributed by atoms with Gasteiger partial charge in [0, 0.05) is 23.8 Å². The molecule has 1 unspecified atom stereocenters. The van der Waals surface area contributed by atoms with Gasteiger partial charge in [0.2, 0.25) is 5.91 Å². The zero-order valence-electron chi connectivity index (χ0n) is 11.6. The standard InChI is InChI=1S/C14H19BrN2O3/c1-9(18)11-4-3-10(7-12(11)15)17-5-6-20-8-13(17)14(19)16-2/h3-4,7,9,13,18H,5-6,8H2,1-2H3,(H,16,19)/t9-,13?/m0/s1. The van der Waals surface area contributed by atoms with Crippen LogP contribution < -0.4 is 10.2 Å². The number of ether oxygens (including phenoxy) is 1. The fraction of sp³-hybridized carbons (Fsp3) is 0.500. The number of amides is 1. The van der Waals surface area contributed by atoms with E-state index in [2.05, 4.69) is 21.2 Å². The fourth-order valence-electron chi connectivity index (χ4n) is 2.33. The van der Waals surface area contributed by atoms with E-state index in [-0.39, 0.29) is 11.9 Å². The summed E-state index contributed by atoms with van der Waals surface area (Å²) in [6.07, 6.45) is -0.530. The van der Waals surface area contributed by atoms with Crippen molar-refractivity contribution < 1.29 is 14.6 Å². The van der Waals surface area contributed by atoms with E-state index in [0.29, 0.717) is 19.8 Å². The molecule has 1 heterocycles. The summed E-state index contributed by atoms with van der Waals surface area (Å²) in [4.78, 5) is 14.0. The molecule has 2 rings (SSSR count). The summed E-state index contributed by atoms with van der Waals surface area (Å²) in [5.74, 6) is -0.0552. The van der Waals surface area contributed by atoms with Crippen LogP contribution in [0.3, 0.4) is 0 Å². The Morgan fingerprint density at radius 1 is 1.60 bits per heavy atom. The van der Waals surface area contributed by atoms with E-state index in [4.69, 9.17) is 4.74 Å². The summed E-state index contributed by atoms with van der Waals surface area (Å²) in [6, 6.07) is 5.41. The van der Waals surface area contributed by atoms with Gasteiger partial charge in [0.05, 0.1) is 19.3 Å². The van der Waals surface area contributed by atoms with Gasteiger partial charge in [0.15, 0.2) is 0 Å². The molecule has 0 aliphatic carbocycles. The third-order valence-electron chi connectivity index (χ3n) is 3.44. The molecule has 1 amide bonds. The SMILES string of the molecule is CNC(=O)C1COCCN1c1ccc([C@H](C)O)c(Br)c1. The number of benzene rings is 1. The number of hydrogen-bond acceptors (Lipinski definition) is 4. The lowest BCUT2D eigenvalue weighted by Gasteiger charge is -2.36. The fourth-order valence-corrected chi connectivity index (χ4v) is 3.03. The molecule has 110 valence electrons. The monoisotopic (exact) mass is 342 g/mol. The zero-order chi connectivity index (χ0) is 14.7. The number of nitrogens with one attached hydrogen (secondary N) is 1. The highest BCUT2D eigenvalue weighted by Gasteiger charge is 2.29. The van der Waals surface area contributed by atoms with E-state index < -0.39 is 6.10 Å². The van der Waals surface area contributed by atoms with Gasteiger partial charge in [-0.1, -0.05) is 22.0 Å². The van der Waals surface area contributed by atoms with Gasteiger partial charge in [-0.15, -0.1) is 0 Å². The lowest BCUT2D eigenvalue weighted by molar-refractivity contribution is -0.124. The van der Waals surface area contributed by atoms with Crippen molar-refractivity contribution in [1.29, 1.82) is 0 Å². The Kier molecular flexibility index (Phi) is 5.01. The molecule has 0 aromatic heterocycles. The summed E-state index contributed by atoms with van der Waals surface area (Å²) in [6.45, 7) is 3.37. The Morgan fingerprint density at radius 3 is 2.95 bits per heavy atom. The molecule has 1 fully saturated rings. The van der Waals surface area contributed by atoms with Gasteiger partial charge >= 0.3 is 0 Å². The zero-order valence-corrected chi connectivity index (χ0v) is 13.2. The molecule has 2 atom stereocenters. The molecule has 0 saturated carbocycles. The van der Waals surface area contributed by atoms with Gasteiger partial charge in [-0.25, -0.2) is 0 Å². The van der Waals surface area contributed by atoms with Crippen LogP contribution in [0.25, 0.3) is 0 Å². The van der Waals surface area contributed by atoms with E-state index in [1.165, 1.54) is 0 Å². The minimum atomic E-state index is -0.530. The molecule has 1 aromatic carbocycles. The molecule has 0 radical (unpaired) electrons. The number of anilines is 1. The lowest BCUT2D eigenvalue weighted by atomic mass is 10.1. The number of nitrogens with zero attached hydrogens (tertiary/aromatic N) is 1. The van der Waals surface area contributed by atoms with E-state index in [1.807, 2.05) is 23.1 Å². The quantitative estimate of drug-likeness (QED) is 0.872. The number of halogens is 1. The first-order valence-corrected chi connectivity index (χ1v) is 7.37. The van der Waals surface area contributed by atoms with E-state index in [9.17, 15) is 9.90 Å². The number of aliphatic hydroxyl groups excluding tert-OH is 1. The predicted molar refractivity (Wildman–Crippen MR) is 80.8 cm³/mol. The van der Waals surface area contributed by atoms with Crippen LogP contribution in [0.4, 0.5) is 5.69 Å². The molecule has 0 bridgehead atoms.